The molecule has 1 fully saturated rings. The summed E-state index contributed by atoms with van der Waals surface area (Å²) in [7, 11) is 0. The molecule has 1 aliphatic heterocycles. The lowest BCUT2D eigenvalue weighted by Gasteiger charge is -2.15. The number of benzene rings is 1. The highest BCUT2D eigenvalue weighted by atomic mass is 16.6. The SMILES string of the molecule is O=C(O)C1CCCN1N=Nc1ccc([N+](=O)[O-])cc1. The molecule has 0 amide bonds. The van der Waals surface area contributed by atoms with Crippen LogP contribution in [0.2, 0.25) is 0 Å². The van der Waals surface area contributed by atoms with E-state index in [0.717, 1.165) is 6.42 Å². The lowest BCUT2D eigenvalue weighted by Crippen LogP contribution is -2.31. The zero-order valence-electron chi connectivity index (χ0n) is 9.97. The molecule has 1 aliphatic rings. The Hall–Kier alpha value is -2.51. The van der Waals surface area contributed by atoms with Gasteiger partial charge in [0.2, 0.25) is 0 Å². The average molecular weight is 264 g/mol. The van der Waals surface area contributed by atoms with E-state index < -0.39 is 16.9 Å². The van der Waals surface area contributed by atoms with E-state index in [-0.39, 0.29) is 5.69 Å². The molecule has 0 saturated carbocycles. The highest BCUT2D eigenvalue weighted by Gasteiger charge is 2.29. The van der Waals surface area contributed by atoms with E-state index in [9.17, 15) is 14.9 Å². The van der Waals surface area contributed by atoms with Crippen LogP contribution < -0.4 is 0 Å². The molecule has 1 saturated heterocycles. The van der Waals surface area contributed by atoms with Crippen LogP contribution in [-0.2, 0) is 4.79 Å². The zero-order chi connectivity index (χ0) is 13.8. The van der Waals surface area contributed by atoms with Gasteiger partial charge in [-0.2, -0.15) is 0 Å². The van der Waals surface area contributed by atoms with Crippen LogP contribution in [0.5, 0.6) is 0 Å². The topological polar surface area (TPSA) is 108 Å². The summed E-state index contributed by atoms with van der Waals surface area (Å²) in [6, 6.07) is 4.95. The van der Waals surface area contributed by atoms with Gasteiger partial charge < -0.3 is 5.11 Å². The van der Waals surface area contributed by atoms with Crippen LogP contribution in [0.1, 0.15) is 12.8 Å². The number of nitro groups is 1. The smallest absolute Gasteiger partial charge is 0.328 e. The summed E-state index contributed by atoms with van der Waals surface area (Å²) in [5.74, 6) is -0.917. The van der Waals surface area contributed by atoms with Gasteiger partial charge in [-0.15, -0.1) is 5.11 Å². The van der Waals surface area contributed by atoms with Gasteiger partial charge >= 0.3 is 5.97 Å². The van der Waals surface area contributed by atoms with Crippen molar-refractivity contribution in [1.29, 1.82) is 0 Å². The Morgan fingerprint density at radius 1 is 1.42 bits per heavy atom. The molecule has 2 rings (SSSR count). The van der Waals surface area contributed by atoms with Gasteiger partial charge in [-0.1, -0.05) is 5.22 Å². The predicted octanol–water partition coefficient (Wildman–Crippen LogP) is 2.14. The van der Waals surface area contributed by atoms with Crippen molar-refractivity contribution in [2.24, 2.45) is 10.3 Å². The lowest BCUT2D eigenvalue weighted by atomic mass is 10.2. The van der Waals surface area contributed by atoms with Crippen LogP contribution in [0.15, 0.2) is 34.6 Å². The fourth-order valence-corrected chi connectivity index (χ4v) is 1.86. The summed E-state index contributed by atoms with van der Waals surface area (Å²) < 4.78 is 0. The maximum atomic E-state index is 10.9. The molecule has 0 aromatic heterocycles. The Morgan fingerprint density at radius 3 is 2.68 bits per heavy atom. The fraction of sp³-hybridized carbons (Fsp3) is 0.364. The van der Waals surface area contributed by atoms with Gasteiger partial charge in [0, 0.05) is 18.7 Å². The third kappa shape index (κ3) is 3.03. The summed E-state index contributed by atoms with van der Waals surface area (Å²) in [6.07, 6.45) is 1.31. The second-order valence-corrected chi connectivity index (χ2v) is 4.12. The van der Waals surface area contributed by atoms with Gasteiger partial charge in [0.1, 0.15) is 6.04 Å². The second-order valence-electron chi connectivity index (χ2n) is 4.12. The van der Waals surface area contributed by atoms with Crippen molar-refractivity contribution in [3.8, 4) is 0 Å². The number of carbonyl (C=O) groups is 1. The molecule has 1 heterocycles. The highest BCUT2D eigenvalue weighted by Crippen LogP contribution is 2.22. The number of nitrogens with zero attached hydrogens (tertiary/aromatic N) is 4. The fourth-order valence-electron chi connectivity index (χ4n) is 1.86. The monoisotopic (exact) mass is 264 g/mol. The van der Waals surface area contributed by atoms with E-state index >= 15 is 0 Å². The van der Waals surface area contributed by atoms with Crippen molar-refractivity contribution in [2.75, 3.05) is 6.54 Å². The normalized spacial score (nSPS) is 18.9. The van der Waals surface area contributed by atoms with Crippen molar-refractivity contribution in [3.05, 3.63) is 34.4 Å². The molecule has 1 aromatic rings. The van der Waals surface area contributed by atoms with Crippen molar-refractivity contribution in [2.45, 2.75) is 18.9 Å². The van der Waals surface area contributed by atoms with Crippen LogP contribution in [0, 0.1) is 10.1 Å². The molecule has 1 unspecified atom stereocenters. The van der Waals surface area contributed by atoms with Crippen molar-refractivity contribution in [3.63, 3.8) is 0 Å². The van der Waals surface area contributed by atoms with E-state index in [0.29, 0.717) is 18.7 Å². The molecule has 100 valence electrons. The summed E-state index contributed by atoms with van der Waals surface area (Å²) in [5.41, 5.74) is 0.421. The molecule has 19 heavy (non-hydrogen) atoms. The van der Waals surface area contributed by atoms with Gasteiger partial charge in [0.15, 0.2) is 0 Å². The van der Waals surface area contributed by atoms with E-state index in [1.54, 1.807) is 0 Å². The number of nitro benzene ring substituents is 1. The molecule has 8 nitrogen and oxygen atoms in total. The third-order valence-corrected chi connectivity index (χ3v) is 2.85. The Morgan fingerprint density at radius 2 is 2.11 bits per heavy atom. The number of carboxylic acid groups (broad SMARTS) is 1. The Balaban J connectivity index is 2.06. The average Bonchev–Trinajstić information content (AvgIpc) is 2.85. The van der Waals surface area contributed by atoms with E-state index in [2.05, 4.69) is 10.3 Å². The van der Waals surface area contributed by atoms with Crippen LogP contribution in [-0.4, -0.2) is 33.6 Å². The molecule has 1 atom stereocenters. The minimum Gasteiger partial charge on any atom is -0.480 e. The largest absolute Gasteiger partial charge is 0.480 e. The van der Waals surface area contributed by atoms with Crippen LogP contribution in [0.3, 0.4) is 0 Å². The van der Waals surface area contributed by atoms with Gasteiger partial charge in [-0.3, -0.25) is 15.1 Å². The summed E-state index contributed by atoms with van der Waals surface area (Å²) >= 11 is 0. The van der Waals surface area contributed by atoms with E-state index in [1.807, 2.05) is 0 Å². The van der Waals surface area contributed by atoms with Gasteiger partial charge in [-0.25, -0.2) is 4.79 Å². The van der Waals surface area contributed by atoms with Gasteiger partial charge in [0.05, 0.1) is 10.6 Å². The number of carboxylic acids is 1. The van der Waals surface area contributed by atoms with Crippen LogP contribution in [0.4, 0.5) is 11.4 Å². The van der Waals surface area contributed by atoms with E-state index in [4.69, 9.17) is 5.11 Å². The minimum atomic E-state index is -0.917. The van der Waals surface area contributed by atoms with Crippen LogP contribution in [0.25, 0.3) is 0 Å². The van der Waals surface area contributed by atoms with Gasteiger partial charge in [0.25, 0.3) is 5.69 Å². The maximum absolute atomic E-state index is 10.9. The molecular formula is C11H12N4O4. The standard InChI is InChI=1S/C11H12N4O4/c16-11(17)10-2-1-7-14(10)13-12-8-3-5-9(6-4-8)15(18)19/h3-6,10H,1-2,7H2,(H,16,17). The molecule has 1 aromatic carbocycles. The molecule has 0 radical (unpaired) electrons. The lowest BCUT2D eigenvalue weighted by molar-refractivity contribution is -0.384. The predicted molar refractivity (Wildman–Crippen MR) is 65.0 cm³/mol. The quantitative estimate of drug-likeness (QED) is 0.509. The van der Waals surface area contributed by atoms with Crippen molar-refractivity contribution >= 4 is 17.3 Å². The first-order valence-corrected chi connectivity index (χ1v) is 5.73. The maximum Gasteiger partial charge on any atom is 0.328 e. The molecule has 0 spiro atoms. The Bertz CT molecular complexity index is 514. The first-order valence-electron chi connectivity index (χ1n) is 5.73. The number of aliphatic carboxylic acids is 1. The molecule has 8 heteroatoms. The number of rotatable bonds is 4. The van der Waals surface area contributed by atoms with Crippen molar-refractivity contribution < 1.29 is 14.8 Å². The Kier molecular flexibility index (Phi) is 3.69. The number of hydrogen-bond donors (Lipinski definition) is 1. The van der Waals surface area contributed by atoms with Crippen molar-refractivity contribution in [1.82, 2.24) is 5.01 Å². The number of hydrogen-bond acceptors (Lipinski definition) is 5. The molecule has 1 N–H and O–H groups in total. The van der Waals surface area contributed by atoms with Crippen LogP contribution >= 0.6 is 0 Å². The number of non-ortho nitro benzene ring substituents is 1. The van der Waals surface area contributed by atoms with Gasteiger partial charge in [-0.05, 0) is 25.0 Å². The summed E-state index contributed by atoms with van der Waals surface area (Å²) in [6.45, 7) is 0.549. The highest BCUT2D eigenvalue weighted by molar-refractivity contribution is 5.73. The minimum absolute atomic E-state index is 0.0245. The summed E-state index contributed by atoms with van der Waals surface area (Å²) in [4.78, 5) is 20.9. The van der Waals surface area contributed by atoms with E-state index in [1.165, 1.54) is 29.3 Å². The molecule has 0 aliphatic carbocycles. The second kappa shape index (κ2) is 5.42. The first kappa shape index (κ1) is 12.9. The zero-order valence-corrected chi connectivity index (χ0v) is 9.97. The Labute approximate surface area is 108 Å². The molecular weight excluding hydrogens is 252 g/mol. The molecule has 0 bridgehead atoms. The first-order chi connectivity index (χ1) is 9.08. The summed E-state index contributed by atoms with van der Waals surface area (Å²) in [5, 5.41) is 28.6. The third-order valence-electron chi connectivity index (χ3n) is 2.85.